The number of nitrogens with one attached hydrogen (secondary N) is 2. The SMILES string of the molecule is CC1(C)Cn2c(nc(=O)c3c2NC(=O)[C@]3(NC(=O)c2ccccc2)C(F)(F)F)S1. The van der Waals surface area contributed by atoms with E-state index in [1.54, 1.807) is 11.4 Å². The Bertz CT molecular complexity index is 1100. The Morgan fingerprint density at radius 1 is 1.24 bits per heavy atom. The fraction of sp³-hybridized carbons (Fsp3) is 0.333. The molecule has 29 heavy (non-hydrogen) atoms. The number of halogens is 3. The minimum Gasteiger partial charge on any atom is -0.326 e. The fourth-order valence-corrected chi connectivity index (χ4v) is 4.58. The predicted octanol–water partition coefficient (Wildman–Crippen LogP) is 2.27. The summed E-state index contributed by atoms with van der Waals surface area (Å²) in [5.74, 6) is -2.96. The Labute approximate surface area is 166 Å². The molecule has 0 aliphatic carbocycles. The quantitative estimate of drug-likeness (QED) is 0.722. The monoisotopic (exact) mass is 424 g/mol. The molecule has 0 radical (unpaired) electrons. The highest BCUT2D eigenvalue weighted by atomic mass is 32.2. The van der Waals surface area contributed by atoms with Crippen molar-refractivity contribution in [1.29, 1.82) is 0 Å². The molecule has 2 amide bonds. The summed E-state index contributed by atoms with van der Waals surface area (Å²) in [4.78, 5) is 41.6. The molecule has 7 nitrogen and oxygen atoms in total. The van der Waals surface area contributed by atoms with Crippen LogP contribution in [0.1, 0.15) is 29.8 Å². The molecular weight excluding hydrogens is 409 g/mol. The fourth-order valence-electron chi connectivity index (χ4n) is 3.50. The summed E-state index contributed by atoms with van der Waals surface area (Å²) in [6, 6.07) is 7.15. The molecule has 2 aliphatic heterocycles. The third-order valence-corrected chi connectivity index (χ3v) is 5.94. The Morgan fingerprint density at radius 2 is 1.90 bits per heavy atom. The summed E-state index contributed by atoms with van der Waals surface area (Å²) in [6.07, 6.45) is -5.27. The molecule has 0 bridgehead atoms. The number of carbonyl (C=O) groups excluding carboxylic acids is 2. The number of hydrogen-bond donors (Lipinski definition) is 2. The Hall–Kier alpha value is -2.82. The summed E-state index contributed by atoms with van der Waals surface area (Å²) >= 11 is 1.23. The highest BCUT2D eigenvalue weighted by Crippen LogP contribution is 2.49. The molecule has 2 aromatic rings. The van der Waals surface area contributed by atoms with E-state index in [9.17, 15) is 27.6 Å². The molecule has 0 saturated carbocycles. The molecule has 4 rings (SSSR count). The van der Waals surface area contributed by atoms with Gasteiger partial charge in [-0.2, -0.15) is 18.2 Å². The Balaban J connectivity index is 1.91. The predicted molar refractivity (Wildman–Crippen MR) is 98.7 cm³/mol. The van der Waals surface area contributed by atoms with Gasteiger partial charge in [-0.25, -0.2) is 0 Å². The van der Waals surface area contributed by atoms with Gasteiger partial charge in [-0.15, -0.1) is 0 Å². The number of anilines is 1. The van der Waals surface area contributed by atoms with Gasteiger partial charge in [0, 0.05) is 16.9 Å². The van der Waals surface area contributed by atoms with Gasteiger partial charge < -0.3 is 15.2 Å². The van der Waals surface area contributed by atoms with Crippen molar-refractivity contribution < 1.29 is 22.8 Å². The zero-order chi connectivity index (χ0) is 21.2. The summed E-state index contributed by atoms with van der Waals surface area (Å²) in [5, 5.41) is 4.15. The number of alkyl halides is 3. The summed E-state index contributed by atoms with van der Waals surface area (Å²) in [7, 11) is 0. The lowest BCUT2D eigenvalue weighted by atomic mass is 9.91. The van der Waals surface area contributed by atoms with E-state index in [2.05, 4.69) is 10.3 Å². The van der Waals surface area contributed by atoms with Crippen LogP contribution in [0.25, 0.3) is 0 Å². The second-order valence-electron chi connectivity index (χ2n) is 7.39. The van der Waals surface area contributed by atoms with Gasteiger partial charge in [-0.1, -0.05) is 30.0 Å². The first kappa shape index (κ1) is 19.5. The lowest BCUT2D eigenvalue weighted by Gasteiger charge is -2.30. The Kier molecular flexibility index (Phi) is 4.09. The van der Waals surface area contributed by atoms with Crippen LogP contribution in [0.15, 0.2) is 40.3 Å². The van der Waals surface area contributed by atoms with Crippen molar-refractivity contribution >= 4 is 29.4 Å². The van der Waals surface area contributed by atoms with Crippen molar-refractivity contribution in [1.82, 2.24) is 14.9 Å². The first-order chi connectivity index (χ1) is 13.5. The number of benzene rings is 1. The van der Waals surface area contributed by atoms with Gasteiger partial charge in [0.15, 0.2) is 5.16 Å². The van der Waals surface area contributed by atoms with E-state index >= 15 is 0 Å². The van der Waals surface area contributed by atoms with Gasteiger partial charge in [-0.05, 0) is 26.0 Å². The maximum atomic E-state index is 14.2. The molecule has 2 aliphatic rings. The van der Waals surface area contributed by atoms with Crippen LogP contribution in [0, 0.1) is 0 Å². The zero-order valence-electron chi connectivity index (χ0n) is 15.3. The van der Waals surface area contributed by atoms with Crippen molar-refractivity contribution in [3.05, 3.63) is 51.8 Å². The summed E-state index contributed by atoms with van der Waals surface area (Å²) < 4.78 is 43.7. The van der Waals surface area contributed by atoms with Gasteiger partial charge in [0.1, 0.15) is 11.4 Å². The van der Waals surface area contributed by atoms with Crippen molar-refractivity contribution in [3.63, 3.8) is 0 Å². The van der Waals surface area contributed by atoms with Crippen LogP contribution in [0.5, 0.6) is 0 Å². The summed E-state index contributed by atoms with van der Waals surface area (Å²) in [5.41, 5.74) is -5.73. The number of rotatable bonds is 2. The topological polar surface area (TPSA) is 93.1 Å². The van der Waals surface area contributed by atoms with E-state index < -0.39 is 39.4 Å². The summed E-state index contributed by atoms with van der Waals surface area (Å²) in [6.45, 7) is 3.92. The first-order valence-electron chi connectivity index (χ1n) is 8.56. The second kappa shape index (κ2) is 6.09. The molecule has 0 spiro atoms. The number of carbonyl (C=O) groups is 2. The van der Waals surface area contributed by atoms with Crippen molar-refractivity contribution in [3.8, 4) is 0 Å². The largest absolute Gasteiger partial charge is 0.425 e. The number of amides is 2. The molecule has 0 fully saturated rings. The highest BCUT2D eigenvalue weighted by Gasteiger charge is 2.68. The van der Waals surface area contributed by atoms with Gasteiger partial charge in [0.05, 0.1) is 0 Å². The van der Waals surface area contributed by atoms with Crippen molar-refractivity contribution in [2.75, 3.05) is 5.32 Å². The maximum Gasteiger partial charge on any atom is 0.425 e. The lowest BCUT2D eigenvalue weighted by molar-refractivity contribution is -0.196. The molecule has 1 aromatic heterocycles. The minimum atomic E-state index is -5.27. The molecule has 2 N–H and O–H groups in total. The number of aromatic nitrogens is 2. The van der Waals surface area contributed by atoms with E-state index in [0.717, 1.165) is 0 Å². The van der Waals surface area contributed by atoms with E-state index in [4.69, 9.17) is 0 Å². The average molecular weight is 424 g/mol. The van der Waals surface area contributed by atoms with Gasteiger partial charge in [0.2, 0.25) is 0 Å². The molecule has 152 valence electrons. The number of fused-ring (bicyclic) bond motifs is 3. The third kappa shape index (κ3) is 2.83. The van der Waals surface area contributed by atoms with E-state index in [0.29, 0.717) is 0 Å². The first-order valence-corrected chi connectivity index (χ1v) is 9.38. The second-order valence-corrected chi connectivity index (χ2v) is 9.07. The molecule has 1 atom stereocenters. The number of nitrogens with zero attached hydrogens (tertiary/aromatic N) is 2. The maximum absolute atomic E-state index is 14.2. The van der Waals surface area contributed by atoms with Crippen molar-refractivity contribution in [2.45, 2.75) is 42.0 Å². The standard InChI is InChI=1S/C18H15F3N4O3S/c1-16(2)8-25-11-10(13(27)23-15(25)29-16)17(14(28)22-11,18(19,20)21)24-12(26)9-6-4-3-5-7-9/h3-7H,8H2,1-2H3,(H,22,28)(H,24,26)/t17-/m0/s1. The smallest absolute Gasteiger partial charge is 0.326 e. The van der Waals surface area contributed by atoms with Crippen LogP contribution in [-0.4, -0.2) is 32.3 Å². The number of hydrogen-bond acceptors (Lipinski definition) is 5. The van der Waals surface area contributed by atoms with E-state index in [-0.39, 0.29) is 23.1 Å². The molecule has 0 unspecified atom stereocenters. The lowest BCUT2D eigenvalue weighted by Crippen LogP contribution is -2.61. The zero-order valence-corrected chi connectivity index (χ0v) is 16.1. The number of thioether (sulfide) groups is 1. The van der Waals surface area contributed by atoms with Crippen LogP contribution < -0.4 is 16.2 Å². The van der Waals surface area contributed by atoms with Crippen LogP contribution >= 0.6 is 11.8 Å². The molecule has 1 aromatic carbocycles. The van der Waals surface area contributed by atoms with E-state index in [1.807, 2.05) is 13.8 Å². The molecule has 0 saturated heterocycles. The molecule has 11 heteroatoms. The van der Waals surface area contributed by atoms with E-state index in [1.165, 1.54) is 40.6 Å². The van der Waals surface area contributed by atoms with Crippen molar-refractivity contribution in [2.24, 2.45) is 0 Å². The van der Waals surface area contributed by atoms with Crippen LogP contribution in [-0.2, 0) is 16.9 Å². The Morgan fingerprint density at radius 3 is 2.52 bits per heavy atom. The molecular formula is C18H15F3N4O3S. The highest BCUT2D eigenvalue weighted by molar-refractivity contribution is 8.00. The van der Waals surface area contributed by atoms with Gasteiger partial charge >= 0.3 is 6.18 Å². The van der Waals surface area contributed by atoms with Crippen LogP contribution in [0.3, 0.4) is 0 Å². The third-order valence-electron chi connectivity index (χ3n) is 4.76. The molecule has 3 heterocycles. The average Bonchev–Trinajstić information content (AvgIpc) is 3.09. The van der Waals surface area contributed by atoms with Crippen LogP contribution in [0.4, 0.5) is 19.0 Å². The normalized spacial score (nSPS) is 22.0. The van der Waals surface area contributed by atoms with Crippen LogP contribution in [0.2, 0.25) is 0 Å². The van der Waals surface area contributed by atoms with Gasteiger partial charge in [0.25, 0.3) is 22.9 Å². The minimum absolute atomic E-state index is 0.0803. The van der Waals surface area contributed by atoms with Gasteiger partial charge in [-0.3, -0.25) is 14.4 Å².